The van der Waals surface area contributed by atoms with Crippen molar-refractivity contribution in [3.63, 3.8) is 0 Å². The minimum absolute atomic E-state index is 0.0854. The number of hydrogen-bond acceptors (Lipinski definition) is 29. The number of nitriles is 1. The fourth-order valence-corrected chi connectivity index (χ4v) is 23.1. The third-order valence-corrected chi connectivity index (χ3v) is 31.7. The van der Waals surface area contributed by atoms with Crippen molar-refractivity contribution >= 4 is 102 Å². The molecule has 5 aliphatic carbocycles. The Bertz CT molecular complexity index is 5400. The molecule has 8 heterocycles. The highest BCUT2D eigenvalue weighted by molar-refractivity contribution is 9.10. The van der Waals surface area contributed by atoms with E-state index in [0.717, 1.165) is 137 Å². The van der Waals surface area contributed by atoms with Gasteiger partial charge in [-0.05, 0) is 228 Å². The number of nitrogens with zero attached hydrogens (tertiary/aromatic N) is 8. The van der Waals surface area contributed by atoms with Crippen LogP contribution in [0.4, 0.5) is 0 Å². The third-order valence-electron chi connectivity index (χ3n) is 29.0. The lowest BCUT2D eigenvalue weighted by atomic mass is 9.64. The summed E-state index contributed by atoms with van der Waals surface area (Å²) in [5.74, 6) is 4.52. The van der Waals surface area contributed by atoms with E-state index in [1.165, 1.54) is 52.8 Å². The van der Waals surface area contributed by atoms with Gasteiger partial charge in [-0.2, -0.15) is 37.2 Å². The third kappa shape index (κ3) is 30.1. The van der Waals surface area contributed by atoms with Crippen LogP contribution in [0, 0.1) is 93.1 Å². The summed E-state index contributed by atoms with van der Waals surface area (Å²) in [4.78, 5) is 97.8. The number of H-pyrrole nitrogens is 2. The van der Waals surface area contributed by atoms with Gasteiger partial charge in [0.15, 0.2) is 17.3 Å². The Kier molecular flexibility index (Phi) is 42.9. The minimum atomic E-state index is -3.67. The molecular weight excluding hydrogens is 1940 g/mol. The van der Waals surface area contributed by atoms with E-state index in [9.17, 15) is 62.9 Å². The Morgan fingerprint density at radius 1 is 0.923 bits per heavy atom. The lowest BCUT2D eigenvalue weighted by Crippen LogP contribution is -2.71. The van der Waals surface area contributed by atoms with Crippen molar-refractivity contribution in [3.8, 4) is 17.7 Å². The van der Waals surface area contributed by atoms with E-state index >= 15 is 0 Å². The highest BCUT2D eigenvalue weighted by Crippen LogP contribution is 2.61. The molecule has 4 unspecified atom stereocenters. The first-order valence-corrected chi connectivity index (χ1v) is 54.6. The van der Waals surface area contributed by atoms with Crippen molar-refractivity contribution in [2.75, 3.05) is 92.8 Å². The van der Waals surface area contributed by atoms with E-state index in [1.807, 2.05) is 93.9 Å². The van der Waals surface area contributed by atoms with E-state index in [4.69, 9.17) is 33.5 Å². The number of aliphatic hydroxyl groups excluding tert-OH is 2. The number of imidazole rings is 1. The van der Waals surface area contributed by atoms with Gasteiger partial charge in [-0.3, -0.25) is 53.2 Å². The number of thioether (sulfide) groups is 2. The molecule has 4 saturated heterocycles. The van der Waals surface area contributed by atoms with E-state index in [-0.39, 0.29) is 77.7 Å². The summed E-state index contributed by atoms with van der Waals surface area (Å²) in [6.45, 7) is 32.8. The summed E-state index contributed by atoms with van der Waals surface area (Å²) < 4.78 is 50.5. The maximum absolute atomic E-state index is 14.4. The zero-order chi connectivity index (χ0) is 105. The number of carbonyl (C=O) groups is 5. The SMILES string of the molecule is CC(C)C[C@H]1C(=O)N2CCC[C@H]2[C@]2(O)O[C@](NC(=O)[C@@H]3C=C4c5cccc6[nH]c(Br)c(c56)C[C@H]4N(C)C3)(C(C)C)C(=O)N12.CC(C)NCC(O)c1ccc(O)c(O)c1.CC[C@H](C)C(=O)O[C@H]1C[C@@H](C)C=C2C=C[C@H](C)[C@H](CC[C@@H]3C[C@@H](O)CC(=O)O3)[C@H]21.CN/C(=C/[N+](=O)[O-])NCCSCc1ccc(CN(C)C)o1.CN/C(=N/C#N)NCCSCc1nc[nH]c1C.CNC1(C)C2CCC(C2)C1(C)C.CS(=O)(=O)O. The zero-order valence-corrected chi connectivity index (χ0v) is 90.4. The van der Waals surface area contributed by atoms with Gasteiger partial charge in [-0.15, -0.1) is 4.99 Å². The summed E-state index contributed by atoms with van der Waals surface area (Å²) in [5.41, 5.74) is 7.64. The molecule has 2 aromatic carbocycles. The summed E-state index contributed by atoms with van der Waals surface area (Å²) in [6.07, 6.45) is 23.0. The second kappa shape index (κ2) is 52.3. The number of amides is 3. The van der Waals surface area contributed by atoms with Crippen LogP contribution in [0.5, 0.6) is 11.5 Å². The summed E-state index contributed by atoms with van der Waals surface area (Å²) in [7, 11) is 7.86. The first kappa shape index (κ1) is 116. The van der Waals surface area contributed by atoms with Gasteiger partial charge in [0.05, 0.1) is 70.6 Å². The number of nitro groups is 1. The summed E-state index contributed by atoms with van der Waals surface area (Å²) in [6, 6.07) is 13.4. The van der Waals surface area contributed by atoms with Gasteiger partial charge < -0.3 is 96.4 Å². The van der Waals surface area contributed by atoms with Crippen LogP contribution >= 0.6 is 39.5 Å². The number of piperazine rings is 1. The number of aryl methyl sites for hydroxylation is 1. The van der Waals surface area contributed by atoms with Crippen molar-refractivity contribution in [1.82, 2.24) is 71.8 Å². The molecule has 3 aromatic heterocycles. The maximum atomic E-state index is 14.4. The lowest BCUT2D eigenvalue weighted by molar-refractivity contribution is -0.404. The zero-order valence-electron chi connectivity index (χ0n) is 86.4. The molecule has 2 saturated carbocycles. The van der Waals surface area contributed by atoms with Gasteiger partial charge in [0.2, 0.25) is 29.7 Å². The summed E-state index contributed by atoms with van der Waals surface area (Å²) >= 11 is 7.20. The van der Waals surface area contributed by atoms with Crippen molar-refractivity contribution in [3.05, 3.63) is 151 Å². The van der Waals surface area contributed by atoms with Gasteiger partial charge in [0.25, 0.3) is 28.1 Å². The standard InChI is InChI=1S/C32H40BrN5O5.C24H36O5.C13H22N4O3S.C11H17NO3.C11H21N.C10H16N6S.CH4O3S/c1-16(2)12-24-29(40)37-11-7-10-25(37)32(42)38(24)30(41)31(43-32,17(3)4)35-28(39)18-13-20-19-8-6-9-22-26(19)21(27(33)34-22)14-23(20)36(5)15-18;1-5-15(3)24(27)29-21-11-14(2)10-17-7-6-16(4)20(23(17)21)9-8-19-12-18(25)13-22(26)28-19;1-14-13(9-17(18)19)15-6-7-21-10-12-5-4-11(20-12)8-16(2)3;1-7(2)12-6-11(15)8-3-4-9(13)10(14)5-8;1-10(2)8-5-6-9(7-8)11(10,3)12-4;1-8-9(16-7-15-8)5-17-4-3-13-10(12-2)14-6-11;1-5(2,3)4/h6,8-9,13,16-18,23-25,34,42H,7,10-12,14-15H2,1-5H3,(H,35,39);6-7,10,14-16,18-21,23,25H,5,8-9,11-13H2,1-4H3;4-5,9,14-15H,6-8,10H2,1-3H3;3-5,7,11-15H,6H2,1-2H3;8-9,12H,5-7H2,1-4H3;7H,3-5H2,1-2H3,(H,15,16)(H2,12,13,14);1H3,(H,2,3,4)/b;;13-9-;;;;/t18-,23-,24+,25+,31-,32+;14-,15-,16-,18+,19+,20-,21-,23-;;;;;/m10...../s1. The Labute approximate surface area is 854 Å². The number of allylic oxidation sites excluding steroid dienone is 3. The quantitative estimate of drug-likeness (QED) is 0.00225. The highest BCUT2D eigenvalue weighted by atomic mass is 79.9. The summed E-state index contributed by atoms with van der Waals surface area (Å²) in [5, 5.41) is 91.2. The van der Waals surface area contributed by atoms with Crippen LogP contribution in [0.3, 0.4) is 0 Å². The van der Waals surface area contributed by atoms with Gasteiger partial charge >= 0.3 is 11.9 Å². The number of benzene rings is 2. The molecular formula is C102H156BrN17O19S3. The Morgan fingerprint density at radius 3 is 2.21 bits per heavy atom. The van der Waals surface area contributed by atoms with Crippen LogP contribution < -0.4 is 37.2 Å². The maximum Gasteiger partial charge on any atom is 0.308 e. The normalized spacial score (nSPS) is 27.0. The van der Waals surface area contributed by atoms with Crippen LogP contribution in [-0.4, -0.2) is 266 Å². The molecule has 6 fully saturated rings. The Balaban J connectivity index is 0.000000199. The van der Waals surface area contributed by atoms with Gasteiger partial charge in [-0.25, -0.2) is 4.98 Å². The number of cyclic esters (lactones) is 1. The molecule has 3 amide bonds. The number of nitrogens with one attached hydrogen (secondary N) is 9. The number of aliphatic imine (C=N–C) groups is 1. The molecule has 36 nitrogen and oxygen atoms in total. The predicted molar refractivity (Wildman–Crippen MR) is 556 cm³/mol. The number of ether oxygens (including phenoxy) is 3. The first-order chi connectivity index (χ1) is 67.0. The molecule has 15 N–H and O–H groups in total. The molecule has 5 aliphatic heterocycles. The smallest absolute Gasteiger partial charge is 0.308 e. The number of fused-ring (bicyclic) bond motifs is 8. The number of halogens is 1. The molecule has 18 atom stereocenters. The average Bonchev–Trinajstić information content (AvgIpc) is 1.53. The monoisotopic (exact) mass is 2100 g/mol. The number of esters is 2. The number of phenolic OH excluding ortho intramolecular Hbond substituents is 2. The molecule has 10 aliphatic rings. The number of aromatic hydroxyl groups is 2. The van der Waals surface area contributed by atoms with Crippen molar-refractivity contribution < 1.29 is 86.0 Å². The first-order valence-electron chi connectivity index (χ1n) is 49.6. The van der Waals surface area contributed by atoms with E-state index in [0.29, 0.717) is 104 Å². The number of likely N-dealkylation sites (N-methyl/N-ethyl adjacent to an activating group) is 1. The number of furan rings is 1. The molecule has 5 aromatic rings. The number of hydrogen-bond donors (Lipinski definition) is 15. The fraction of sp³-hybridized carbons (Fsp3) is 0.647. The minimum Gasteiger partial charge on any atom is -0.504 e. The lowest BCUT2D eigenvalue weighted by Gasteiger charge is -2.49. The van der Waals surface area contributed by atoms with Gasteiger partial charge in [-0.1, -0.05) is 126 Å². The molecule has 0 spiro atoms. The van der Waals surface area contributed by atoms with Crippen molar-refractivity contribution in [2.24, 2.45) is 69.6 Å². The molecule has 40 heteroatoms. The predicted octanol–water partition coefficient (Wildman–Crippen LogP) is 12.5. The van der Waals surface area contributed by atoms with Gasteiger partial charge in [0.1, 0.15) is 35.8 Å². The van der Waals surface area contributed by atoms with Crippen molar-refractivity contribution in [1.29, 1.82) is 5.26 Å². The van der Waals surface area contributed by atoms with Crippen LogP contribution in [0.1, 0.15) is 213 Å². The second-order valence-electron chi connectivity index (χ2n) is 40.9. The number of aliphatic hydroxyl groups is 3. The Hall–Kier alpha value is -9.09. The topological polar surface area (TPSA) is 503 Å². The largest absolute Gasteiger partial charge is 0.504 e. The van der Waals surface area contributed by atoms with E-state index < -0.39 is 68.7 Å². The number of rotatable bonds is 31. The number of carbonyl (C=O) groups excluding carboxylic acids is 5. The molecule has 142 heavy (non-hydrogen) atoms. The number of guanidine groups is 1. The van der Waals surface area contributed by atoms with Crippen LogP contribution in [0.25, 0.3) is 16.5 Å². The average molecular weight is 2100 g/mol. The second-order valence-corrected chi connectivity index (χ2v) is 45.4. The van der Waals surface area contributed by atoms with E-state index in [1.54, 1.807) is 75.0 Å². The van der Waals surface area contributed by atoms with Gasteiger partial charge in [0, 0.05) is 117 Å². The number of aromatic amines is 2. The Morgan fingerprint density at radius 2 is 1.61 bits per heavy atom. The van der Waals surface area contributed by atoms with Crippen LogP contribution in [0.15, 0.2) is 111 Å². The van der Waals surface area contributed by atoms with Crippen molar-refractivity contribution in [2.45, 2.75) is 264 Å². The fourth-order valence-electron chi connectivity index (χ4n) is 20.9. The van der Waals surface area contributed by atoms with E-state index in [2.05, 4.69) is 155 Å². The van der Waals surface area contributed by atoms with Crippen LogP contribution in [0.2, 0.25) is 0 Å². The molecule has 0 radical (unpaired) electrons. The van der Waals surface area contributed by atoms with Crippen LogP contribution in [-0.2, 0) is 72.8 Å². The number of aromatic nitrogens is 3. The molecule has 788 valence electrons. The highest BCUT2D eigenvalue weighted by Gasteiger charge is 2.72. The molecule has 2 bridgehead atoms. The number of phenols is 2. The molecule has 15 rings (SSSR count).